The number of aromatic nitrogens is 2. The lowest BCUT2D eigenvalue weighted by Gasteiger charge is -2.12. The Labute approximate surface area is 135 Å². The lowest BCUT2D eigenvalue weighted by molar-refractivity contribution is 0.242. The predicted molar refractivity (Wildman–Crippen MR) is 91.0 cm³/mol. The molecule has 2 aromatic rings. The fourth-order valence-corrected chi connectivity index (χ4v) is 2.69. The van der Waals surface area contributed by atoms with Crippen molar-refractivity contribution < 1.29 is 4.74 Å². The van der Waals surface area contributed by atoms with Crippen molar-refractivity contribution in [3.05, 3.63) is 51.4 Å². The Morgan fingerprint density at radius 1 is 1.36 bits per heavy atom. The highest BCUT2D eigenvalue weighted by molar-refractivity contribution is 7.98. The van der Waals surface area contributed by atoms with Gasteiger partial charge in [0, 0.05) is 12.0 Å². The molecular formula is C17H22N2O2S. The van der Waals surface area contributed by atoms with Gasteiger partial charge in [0.1, 0.15) is 5.75 Å². The molecule has 1 aromatic carbocycles. The molecule has 4 nitrogen and oxygen atoms in total. The smallest absolute Gasteiger partial charge is 0.255 e. The third-order valence-electron chi connectivity index (χ3n) is 3.26. The molecule has 0 amide bonds. The molecule has 118 valence electrons. The number of H-pyrrole nitrogens is 1. The summed E-state index contributed by atoms with van der Waals surface area (Å²) in [5.41, 5.74) is 2.61. The van der Waals surface area contributed by atoms with E-state index < -0.39 is 0 Å². The Kier molecular flexibility index (Phi) is 5.66. The molecule has 1 N–H and O–H groups in total. The van der Waals surface area contributed by atoms with Gasteiger partial charge in [0.15, 0.2) is 5.16 Å². The summed E-state index contributed by atoms with van der Waals surface area (Å²) in [6.45, 7) is 6.02. The van der Waals surface area contributed by atoms with E-state index >= 15 is 0 Å². The van der Waals surface area contributed by atoms with Crippen LogP contribution in [0.1, 0.15) is 37.6 Å². The van der Waals surface area contributed by atoms with Crippen molar-refractivity contribution in [1.29, 1.82) is 0 Å². The van der Waals surface area contributed by atoms with E-state index in [4.69, 9.17) is 4.74 Å². The first-order chi connectivity index (χ1) is 10.5. The van der Waals surface area contributed by atoms with Crippen molar-refractivity contribution in [3.8, 4) is 5.75 Å². The SMILES string of the molecule is CCc1nc(SC)[nH]c(=O)c1Cc1cccc(OC(C)C)c1. The van der Waals surface area contributed by atoms with Crippen LogP contribution in [0.4, 0.5) is 0 Å². The van der Waals surface area contributed by atoms with Crippen LogP contribution in [0, 0.1) is 0 Å². The van der Waals surface area contributed by atoms with Crippen molar-refractivity contribution in [2.75, 3.05) is 6.26 Å². The number of hydrogen-bond acceptors (Lipinski definition) is 4. The van der Waals surface area contributed by atoms with Gasteiger partial charge < -0.3 is 9.72 Å². The summed E-state index contributed by atoms with van der Waals surface area (Å²) in [7, 11) is 0. The summed E-state index contributed by atoms with van der Waals surface area (Å²) in [5.74, 6) is 0.829. The van der Waals surface area contributed by atoms with E-state index in [1.54, 1.807) is 0 Å². The molecule has 0 saturated heterocycles. The molecule has 0 radical (unpaired) electrons. The van der Waals surface area contributed by atoms with E-state index in [2.05, 4.69) is 9.97 Å². The number of aryl methyl sites for hydroxylation is 1. The number of nitrogens with one attached hydrogen (secondary N) is 1. The van der Waals surface area contributed by atoms with Gasteiger partial charge in [-0.15, -0.1) is 0 Å². The van der Waals surface area contributed by atoms with E-state index in [0.29, 0.717) is 11.6 Å². The summed E-state index contributed by atoms with van der Waals surface area (Å²) in [5, 5.41) is 0.669. The quantitative estimate of drug-likeness (QED) is 0.655. The second-order valence-corrected chi connectivity index (χ2v) is 6.14. The van der Waals surface area contributed by atoms with E-state index in [1.807, 2.05) is 51.3 Å². The van der Waals surface area contributed by atoms with Crippen LogP contribution in [-0.2, 0) is 12.8 Å². The van der Waals surface area contributed by atoms with E-state index in [9.17, 15) is 4.79 Å². The Morgan fingerprint density at radius 2 is 2.14 bits per heavy atom. The zero-order valence-electron chi connectivity index (χ0n) is 13.5. The molecule has 1 aromatic heterocycles. The Balaban J connectivity index is 2.33. The minimum absolute atomic E-state index is 0.0496. The molecule has 0 aliphatic rings. The first-order valence-electron chi connectivity index (χ1n) is 7.45. The summed E-state index contributed by atoms with van der Waals surface area (Å²) >= 11 is 1.45. The van der Waals surface area contributed by atoms with Crippen LogP contribution in [0.3, 0.4) is 0 Å². The van der Waals surface area contributed by atoms with Crippen molar-refractivity contribution in [2.24, 2.45) is 0 Å². The van der Waals surface area contributed by atoms with E-state index in [1.165, 1.54) is 11.8 Å². The van der Waals surface area contributed by atoms with Gasteiger partial charge in [-0.3, -0.25) is 4.79 Å². The summed E-state index contributed by atoms with van der Waals surface area (Å²) < 4.78 is 5.71. The summed E-state index contributed by atoms with van der Waals surface area (Å²) in [6, 6.07) is 7.88. The van der Waals surface area contributed by atoms with Crippen molar-refractivity contribution in [3.63, 3.8) is 0 Å². The molecule has 0 aliphatic carbocycles. The topological polar surface area (TPSA) is 55.0 Å². The largest absolute Gasteiger partial charge is 0.491 e. The van der Waals surface area contributed by atoms with Crippen LogP contribution in [0.5, 0.6) is 5.75 Å². The van der Waals surface area contributed by atoms with Gasteiger partial charge in [-0.05, 0) is 44.2 Å². The zero-order chi connectivity index (χ0) is 16.1. The molecule has 0 fully saturated rings. The predicted octanol–water partition coefficient (Wildman–Crippen LogP) is 3.43. The number of ether oxygens (including phenoxy) is 1. The highest BCUT2D eigenvalue weighted by Crippen LogP contribution is 2.18. The number of aromatic amines is 1. The average molecular weight is 318 g/mol. The zero-order valence-corrected chi connectivity index (χ0v) is 14.3. The van der Waals surface area contributed by atoms with Gasteiger partial charge in [-0.2, -0.15) is 0 Å². The fraction of sp³-hybridized carbons (Fsp3) is 0.412. The number of rotatable bonds is 6. The normalized spacial score (nSPS) is 11.0. The fourth-order valence-electron chi connectivity index (χ4n) is 2.30. The van der Waals surface area contributed by atoms with Crippen LogP contribution < -0.4 is 10.3 Å². The third-order valence-corrected chi connectivity index (χ3v) is 3.84. The monoisotopic (exact) mass is 318 g/mol. The maximum absolute atomic E-state index is 12.3. The molecule has 0 unspecified atom stereocenters. The van der Waals surface area contributed by atoms with Crippen molar-refractivity contribution in [2.45, 2.75) is 44.9 Å². The van der Waals surface area contributed by atoms with Crippen molar-refractivity contribution >= 4 is 11.8 Å². The lowest BCUT2D eigenvalue weighted by atomic mass is 10.0. The first kappa shape index (κ1) is 16.6. The number of thioether (sulfide) groups is 1. The molecule has 0 saturated carbocycles. The standard InChI is InChI=1S/C17H22N2O2S/c1-5-15-14(16(20)19-17(18-15)22-4)10-12-7-6-8-13(9-12)21-11(2)3/h6-9,11H,5,10H2,1-4H3,(H,18,19,20). The molecule has 2 rings (SSSR count). The second kappa shape index (κ2) is 7.49. The molecular weight excluding hydrogens is 296 g/mol. The molecule has 5 heteroatoms. The van der Waals surface area contributed by atoms with Gasteiger partial charge in [0.2, 0.25) is 0 Å². The molecule has 0 spiro atoms. The number of benzene rings is 1. The highest BCUT2D eigenvalue weighted by atomic mass is 32.2. The minimum Gasteiger partial charge on any atom is -0.491 e. The van der Waals surface area contributed by atoms with Crippen LogP contribution in [-0.4, -0.2) is 22.3 Å². The van der Waals surface area contributed by atoms with Gasteiger partial charge in [-0.1, -0.05) is 30.8 Å². The first-order valence-corrected chi connectivity index (χ1v) is 8.67. The van der Waals surface area contributed by atoms with Crippen LogP contribution >= 0.6 is 11.8 Å². The average Bonchev–Trinajstić information content (AvgIpc) is 2.48. The molecule has 0 aliphatic heterocycles. The van der Waals surface area contributed by atoms with Crippen LogP contribution in [0.2, 0.25) is 0 Å². The second-order valence-electron chi connectivity index (χ2n) is 5.34. The maximum atomic E-state index is 12.3. The van der Waals surface area contributed by atoms with E-state index in [-0.39, 0.29) is 11.7 Å². The Morgan fingerprint density at radius 3 is 2.77 bits per heavy atom. The number of hydrogen-bond donors (Lipinski definition) is 1. The third kappa shape index (κ3) is 4.13. The Bertz CT molecular complexity index is 695. The minimum atomic E-state index is -0.0496. The molecule has 22 heavy (non-hydrogen) atoms. The van der Waals surface area contributed by atoms with Gasteiger partial charge in [0.05, 0.1) is 11.8 Å². The van der Waals surface area contributed by atoms with E-state index in [0.717, 1.165) is 29.0 Å². The Hall–Kier alpha value is -1.75. The van der Waals surface area contributed by atoms with Gasteiger partial charge in [-0.25, -0.2) is 4.98 Å². The van der Waals surface area contributed by atoms with Crippen molar-refractivity contribution in [1.82, 2.24) is 9.97 Å². The molecule has 1 heterocycles. The van der Waals surface area contributed by atoms with Gasteiger partial charge >= 0.3 is 0 Å². The van der Waals surface area contributed by atoms with Gasteiger partial charge in [0.25, 0.3) is 5.56 Å². The molecule has 0 bridgehead atoms. The van der Waals surface area contributed by atoms with Crippen LogP contribution in [0.15, 0.2) is 34.2 Å². The summed E-state index contributed by atoms with van der Waals surface area (Å²) in [6.07, 6.45) is 3.35. The lowest BCUT2D eigenvalue weighted by Crippen LogP contribution is -2.19. The molecule has 0 atom stereocenters. The number of nitrogens with zero attached hydrogens (tertiary/aromatic N) is 1. The van der Waals surface area contributed by atoms with Crippen LogP contribution in [0.25, 0.3) is 0 Å². The highest BCUT2D eigenvalue weighted by Gasteiger charge is 2.11. The maximum Gasteiger partial charge on any atom is 0.255 e. The summed E-state index contributed by atoms with van der Waals surface area (Å²) in [4.78, 5) is 19.7.